The Kier molecular flexibility index (Phi) is 1.89. The molecule has 1 aliphatic rings. The maximum absolute atomic E-state index is 9.37. The van der Waals surface area contributed by atoms with E-state index >= 15 is 0 Å². The fraction of sp³-hybridized carbons (Fsp3) is 0.333. The first kappa shape index (κ1) is 8.39. The van der Waals surface area contributed by atoms with E-state index in [1.54, 1.807) is 0 Å². The molecule has 0 saturated carbocycles. The van der Waals surface area contributed by atoms with Crippen molar-refractivity contribution in [2.75, 3.05) is 0 Å². The highest BCUT2D eigenvalue weighted by molar-refractivity contribution is 7.80. The third-order valence-electron chi connectivity index (χ3n) is 2.34. The van der Waals surface area contributed by atoms with Crippen LogP contribution in [-0.4, -0.2) is 10.1 Å². The molecule has 1 N–H and O–H groups in total. The second-order valence-electron chi connectivity index (χ2n) is 3.06. The molecular weight excluding hydrogens is 184 g/mol. The first-order chi connectivity index (χ1) is 6.24. The number of hydrogen-bond acceptors (Lipinski definition) is 4. The molecule has 0 radical (unpaired) electrons. The zero-order valence-electron chi connectivity index (χ0n) is 6.91. The summed E-state index contributed by atoms with van der Waals surface area (Å²) in [5, 5.41) is 18.7. The van der Waals surface area contributed by atoms with Gasteiger partial charge in [0.05, 0.1) is 0 Å². The normalized spacial score (nSPS) is 13.8. The molecule has 1 aliphatic carbocycles. The number of fused-ring (bicyclic) bond motifs is 1. The van der Waals surface area contributed by atoms with Crippen LogP contribution in [0.1, 0.15) is 23.1 Å². The predicted octanol–water partition coefficient (Wildman–Crippen LogP) is 1.44. The quantitative estimate of drug-likeness (QED) is 0.611. The number of nitriles is 1. The number of hydrogen-bond donors (Lipinski definition) is 2. The summed E-state index contributed by atoms with van der Waals surface area (Å²) in [5.41, 5.74) is 2.28. The first-order valence-electron chi connectivity index (χ1n) is 4.08. The lowest BCUT2D eigenvalue weighted by atomic mass is 10.1. The first-order valence-corrected chi connectivity index (χ1v) is 4.52. The van der Waals surface area contributed by atoms with E-state index in [9.17, 15) is 5.11 Å². The molecule has 0 amide bonds. The predicted molar refractivity (Wildman–Crippen MR) is 49.9 cm³/mol. The third kappa shape index (κ3) is 1.16. The van der Waals surface area contributed by atoms with Crippen molar-refractivity contribution >= 4 is 12.6 Å². The van der Waals surface area contributed by atoms with Crippen LogP contribution in [0.25, 0.3) is 0 Å². The summed E-state index contributed by atoms with van der Waals surface area (Å²) in [6, 6.07) is 1.98. The molecule has 3 nitrogen and oxygen atoms in total. The van der Waals surface area contributed by atoms with E-state index < -0.39 is 0 Å². The van der Waals surface area contributed by atoms with Crippen LogP contribution in [-0.2, 0) is 12.8 Å². The van der Waals surface area contributed by atoms with E-state index in [1.807, 2.05) is 6.07 Å². The van der Waals surface area contributed by atoms with Gasteiger partial charge < -0.3 is 5.11 Å². The number of aromatic nitrogens is 1. The molecule has 1 aromatic rings. The molecule has 4 heteroatoms. The second kappa shape index (κ2) is 2.93. The maximum Gasteiger partial charge on any atom is 0.230 e. The van der Waals surface area contributed by atoms with Crippen molar-refractivity contribution < 1.29 is 5.11 Å². The summed E-state index contributed by atoms with van der Waals surface area (Å²) >= 11 is 4.16. The number of rotatable bonds is 0. The van der Waals surface area contributed by atoms with Gasteiger partial charge in [0.1, 0.15) is 16.7 Å². The van der Waals surface area contributed by atoms with E-state index in [-0.39, 0.29) is 5.88 Å². The lowest BCUT2D eigenvalue weighted by Crippen LogP contribution is -1.94. The number of thiol groups is 1. The molecule has 0 spiro atoms. The zero-order chi connectivity index (χ0) is 9.42. The van der Waals surface area contributed by atoms with Gasteiger partial charge in [0.2, 0.25) is 5.88 Å². The molecule has 2 rings (SSSR count). The van der Waals surface area contributed by atoms with Crippen LogP contribution in [0.2, 0.25) is 0 Å². The minimum Gasteiger partial charge on any atom is -0.492 e. The Hall–Kier alpha value is -1.21. The molecule has 0 saturated heterocycles. The number of nitrogens with zero attached hydrogens (tertiary/aromatic N) is 2. The van der Waals surface area contributed by atoms with E-state index in [0.29, 0.717) is 10.6 Å². The van der Waals surface area contributed by atoms with Gasteiger partial charge in [0.25, 0.3) is 0 Å². The smallest absolute Gasteiger partial charge is 0.230 e. The van der Waals surface area contributed by atoms with Crippen LogP contribution in [0.5, 0.6) is 5.88 Å². The number of pyridine rings is 1. The highest BCUT2D eigenvalue weighted by Gasteiger charge is 2.21. The SMILES string of the molecule is N#Cc1c(O)nc(S)c2c1CCC2. The average Bonchev–Trinajstić information content (AvgIpc) is 2.53. The highest BCUT2D eigenvalue weighted by Crippen LogP contribution is 2.32. The second-order valence-corrected chi connectivity index (χ2v) is 3.48. The van der Waals surface area contributed by atoms with Gasteiger partial charge in [-0.1, -0.05) is 0 Å². The van der Waals surface area contributed by atoms with Gasteiger partial charge in [-0.15, -0.1) is 12.6 Å². The van der Waals surface area contributed by atoms with Crippen LogP contribution in [0.4, 0.5) is 0 Å². The number of aromatic hydroxyl groups is 1. The molecule has 0 fully saturated rings. The Morgan fingerprint density at radius 1 is 1.38 bits per heavy atom. The van der Waals surface area contributed by atoms with Gasteiger partial charge >= 0.3 is 0 Å². The molecule has 0 aliphatic heterocycles. The van der Waals surface area contributed by atoms with Gasteiger partial charge in [-0.05, 0) is 30.4 Å². The summed E-state index contributed by atoms with van der Waals surface area (Å²) in [6.07, 6.45) is 2.78. The van der Waals surface area contributed by atoms with Crippen molar-refractivity contribution in [1.82, 2.24) is 4.98 Å². The molecule has 66 valence electrons. The summed E-state index contributed by atoms with van der Waals surface area (Å²) in [5.74, 6) is -0.187. The fourth-order valence-electron chi connectivity index (χ4n) is 1.74. The van der Waals surface area contributed by atoms with Crippen molar-refractivity contribution in [2.45, 2.75) is 24.3 Å². The molecule has 0 aromatic carbocycles. The van der Waals surface area contributed by atoms with Gasteiger partial charge in [0.15, 0.2) is 0 Å². The largest absolute Gasteiger partial charge is 0.492 e. The summed E-state index contributed by atoms with van der Waals surface area (Å²) < 4.78 is 0. The average molecular weight is 192 g/mol. The lowest BCUT2D eigenvalue weighted by Gasteiger charge is -2.05. The maximum atomic E-state index is 9.37. The fourth-order valence-corrected chi connectivity index (χ4v) is 2.08. The Labute approximate surface area is 81.4 Å². The molecule has 1 aromatic heterocycles. The van der Waals surface area contributed by atoms with Gasteiger partial charge in [-0.3, -0.25) is 0 Å². The molecule has 13 heavy (non-hydrogen) atoms. The summed E-state index contributed by atoms with van der Waals surface area (Å²) in [7, 11) is 0. The molecule has 1 heterocycles. The van der Waals surface area contributed by atoms with Crippen LogP contribution in [0.3, 0.4) is 0 Å². The van der Waals surface area contributed by atoms with E-state index in [2.05, 4.69) is 17.6 Å². The zero-order valence-corrected chi connectivity index (χ0v) is 7.80. The van der Waals surface area contributed by atoms with Crippen molar-refractivity contribution in [2.24, 2.45) is 0 Å². The standard InChI is InChI=1S/C9H8N2OS/c10-4-7-5-2-1-3-6(5)9(13)11-8(7)12/h1-3H2,(H2,11,12,13). The van der Waals surface area contributed by atoms with E-state index in [1.165, 1.54) is 0 Å². The van der Waals surface area contributed by atoms with Crippen molar-refractivity contribution in [3.8, 4) is 11.9 Å². The van der Waals surface area contributed by atoms with E-state index in [0.717, 1.165) is 30.4 Å². The lowest BCUT2D eigenvalue weighted by molar-refractivity contribution is 0.445. The van der Waals surface area contributed by atoms with Crippen LogP contribution in [0.15, 0.2) is 5.03 Å². The van der Waals surface area contributed by atoms with Gasteiger partial charge in [-0.2, -0.15) is 5.26 Å². The molecular formula is C9H8N2OS. The Balaban J connectivity index is 2.74. The van der Waals surface area contributed by atoms with Crippen LogP contribution >= 0.6 is 12.6 Å². The minimum atomic E-state index is -0.187. The van der Waals surface area contributed by atoms with Gasteiger partial charge in [0, 0.05) is 0 Å². The Bertz CT molecular complexity index is 409. The molecule has 0 unspecified atom stereocenters. The summed E-state index contributed by atoms with van der Waals surface area (Å²) in [6.45, 7) is 0. The van der Waals surface area contributed by atoms with E-state index in [4.69, 9.17) is 5.26 Å². The Morgan fingerprint density at radius 3 is 2.77 bits per heavy atom. The topological polar surface area (TPSA) is 56.9 Å². The van der Waals surface area contributed by atoms with Crippen molar-refractivity contribution in [1.29, 1.82) is 5.26 Å². The van der Waals surface area contributed by atoms with Crippen molar-refractivity contribution in [3.05, 3.63) is 16.7 Å². The summed E-state index contributed by atoms with van der Waals surface area (Å²) in [4.78, 5) is 3.81. The highest BCUT2D eigenvalue weighted by atomic mass is 32.1. The van der Waals surface area contributed by atoms with Gasteiger partial charge in [-0.25, -0.2) is 4.98 Å². The minimum absolute atomic E-state index is 0.187. The molecule has 0 atom stereocenters. The van der Waals surface area contributed by atoms with Crippen LogP contribution in [0, 0.1) is 11.3 Å². The third-order valence-corrected chi connectivity index (χ3v) is 2.71. The van der Waals surface area contributed by atoms with Crippen molar-refractivity contribution in [3.63, 3.8) is 0 Å². The molecule has 0 bridgehead atoms. The van der Waals surface area contributed by atoms with Crippen LogP contribution < -0.4 is 0 Å². The Morgan fingerprint density at radius 2 is 2.08 bits per heavy atom. The monoisotopic (exact) mass is 192 g/mol.